The van der Waals surface area contributed by atoms with Gasteiger partial charge in [0.25, 0.3) is 6.08 Å². The molecule has 16 heteroatoms. The highest BCUT2D eigenvalue weighted by atomic mass is 19.4. The van der Waals surface area contributed by atoms with Crippen LogP contribution in [0, 0.1) is 5.82 Å². The topological polar surface area (TPSA) is 53.5 Å². The van der Waals surface area contributed by atoms with Crippen LogP contribution in [0.1, 0.15) is 49.7 Å². The lowest BCUT2D eigenvalue weighted by Gasteiger charge is -2.40. The monoisotopic (exact) mass is 641 g/mol. The number of piperazine rings is 1. The number of anilines is 1. The first-order valence-corrected chi connectivity index (χ1v) is 14.3. The van der Waals surface area contributed by atoms with Crippen molar-refractivity contribution in [2.24, 2.45) is 0 Å². The van der Waals surface area contributed by atoms with E-state index < -0.39 is 82.4 Å². The van der Waals surface area contributed by atoms with Gasteiger partial charge in [0.05, 0.1) is 16.6 Å². The summed E-state index contributed by atoms with van der Waals surface area (Å²) < 4.78 is 144. The van der Waals surface area contributed by atoms with Gasteiger partial charge in [0, 0.05) is 55.5 Å². The summed E-state index contributed by atoms with van der Waals surface area (Å²) in [6, 6.07) is -0.283. The highest BCUT2D eigenvalue weighted by Crippen LogP contribution is 2.44. The molecule has 4 aliphatic heterocycles. The van der Waals surface area contributed by atoms with Crippen LogP contribution in [-0.2, 0) is 12.6 Å². The first-order chi connectivity index (χ1) is 20.6. The molecule has 6 nitrogen and oxygen atoms in total. The Labute approximate surface area is 245 Å². The van der Waals surface area contributed by atoms with Gasteiger partial charge in [-0.1, -0.05) is 0 Å². The summed E-state index contributed by atoms with van der Waals surface area (Å²) in [5.41, 5.74) is -5.41. The minimum Gasteiger partial charge on any atom is -0.461 e. The Morgan fingerprint density at radius 3 is 2.59 bits per heavy atom. The lowest BCUT2D eigenvalue weighted by Crippen LogP contribution is -2.59. The SMILES string of the molecule is FC(F)=C[C@]12CC[C@H](CN(c3nc(OCC45CCCN4C[C@H](F)C5)nc4c(F)c(CCC(F)(F)F)c(C(F)(F)F)cc34)C1)N2. The molecule has 0 aliphatic carbocycles. The first kappa shape index (κ1) is 31.1. The van der Waals surface area contributed by atoms with Gasteiger partial charge in [-0.2, -0.15) is 45.1 Å². The molecule has 0 radical (unpaired) electrons. The number of benzene rings is 1. The van der Waals surface area contributed by atoms with Gasteiger partial charge in [-0.05, 0) is 44.7 Å². The minimum atomic E-state index is -5.22. The molecule has 4 aliphatic rings. The smallest absolute Gasteiger partial charge is 0.416 e. The second kappa shape index (κ2) is 10.9. The summed E-state index contributed by atoms with van der Waals surface area (Å²) in [6.45, 7) is 0.689. The number of hydrogen-bond donors (Lipinski definition) is 1. The fourth-order valence-corrected chi connectivity index (χ4v) is 7.39. The number of halogens is 10. The van der Waals surface area contributed by atoms with Gasteiger partial charge in [-0.15, -0.1) is 0 Å². The van der Waals surface area contributed by atoms with Crippen molar-refractivity contribution in [3.05, 3.63) is 35.2 Å². The van der Waals surface area contributed by atoms with Gasteiger partial charge >= 0.3 is 18.4 Å². The fourth-order valence-electron chi connectivity index (χ4n) is 7.39. The number of ether oxygens (including phenoxy) is 1. The van der Waals surface area contributed by atoms with Crippen LogP contribution in [0.2, 0.25) is 0 Å². The molecule has 2 bridgehead atoms. The molecule has 1 N–H and O–H groups in total. The van der Waals surface area contributed by atoms with Crippen LogP contribution < -0.4 is 15.0 Å². The maximum atomic E-state index is 16.0. The highest BCUT2D eigenvalue weighted by Gasteiger charge is 2.50. The van der Waals surface area contributed by atoms with Crippen LogP contribution >= 0.6 is 0 Å². The molecule has 1 unspecified atom stereocenters. The maximum absolute atomic E-state index is 16.0. The normalized spacial score (nSPS) is 29.0. The molecule has 0 amide bonds. The molecule has 242 valence electrons. The number of alkyl halides is 7. The van der Waals surface area contributed by atoms with Gasteiger partial charge < -0.3 is 15.0 Å². The second-order valence-corrected chi connectivity index (χ2v) is 12.3. The number of rotatable bonds is 7. The average molecular weight is 642 g/mol. The molecular weight excluding hydrogens is 612 g/mol. The predicted octanol–water partition coefficient (Wildman–Crippen LogP) is 6.33. The Bertz CT molecular complexity index is 1460. The van der Waals surface area contributed by atoms with Crippen LogP contribution in [0.3, 0.4) is 0 Å². The summed E-state index contributed by atoms with van der Waals surface area (Å²) >= 11 is 0. The first-order valence-electron chi connectivity index (χ1n) is 14.3. The van der Waals surface area contributed by atoms with E-state index >= 15 is 4.39 Å². The van der Waals surface area contributed by atoms with Crippen molar-refractivity contribution in [1.82, 2.24) is 20.2 Å². The summed E-state index contributed by atoms with van der Waals surface area (Å²) in [5.74, 6) is -1.82. The van der Waals surface area contributed by atoms with E-state index in [1.807, 2.05) is 4.90 Å². The fraction of sp³-hybridized carbons (Fsp3) is 0.643. The molecule has 1 aromatic carbocycles. The van der Waals surface area contributed by atoms with E-state index in [1.54, 1.807) is 0 Å². The Balaban J connectivity index is 1.47. The van der Waals surface area contributed by atoms with Gasteiger partial charge in [0.2, 0.25) is 0 Å². The predicted molar refractivity (Wildman–Crippen MR) is 139 cm³/mol. The molecule has 0 saturated carbocycles. The van der Waals surface area contributed by atoms with Gasteiger partial charge in [0.15, 0.2) is 5.82 Å². The molecule has 6 rings (SSSR count). The average Bonchev–Trinajstić information content (AvgIpc) is 3.53. The van der Waals surface area contributed by atoms with Gasteiger partial charge in [0.1, 0.15) is 24.1 Å². The molecule has 5 heterocycles. The lowest BCUT2D eigenvalue weighted by molar-refractivity contribution is -0.142. The summed E-state index contributed by atoms with van der Waals surface area (Å²) in [7, 11) is 0. The number of aromatic nitrogens is 2. The quantitative estimate of drug-likeness (QED) is 0.357. The Kier molecular flexibility index (Phi) is 7.69. The number of nitrogens with zero attached hydrogens (tertiary/aromatic N) is 4. The molecule has 4 atom stereocenters. The summed E-state index contributed by atoms with van der Waals surface area (Å²) in [5, 5.41) is 2.66. The molecule has 2 aromatic rings. The van der Waals surface area contributed by atoms with Crippen molar-refractivity contribution in [1.29, 1.82) is 0 Å². The number of nitrogens with one attached hydrogen (secondary N) is 1. The van der Waals surface area contributed by atoms with Gasteiger partial charge in [-0.3, -0.25) is 4.90 Å². The standard InChI is InChI=1S/C28H29F10N5O/c29-15-9-26(4-1-7-43(26)11-15)14-44-24-39-22-18(8-19(28(36,37)38)17(21(22)32)3-6-27(33,34)35)23(40-24)42-12-16-2-5-25(13-42,41-16)10-20(30)31/h8,10,15-16,41H,1-7,9,11-14H2/t15-,16-,25-,26?/m1/s1. The molecule has 1 aromatic heterocycles. The lowest BCUT2D eigenvalue weighted by atomic mass is 9.95. The van der Waals surface area contributed by atoms with E-state index in [4.69, 9.17) is 4.74 Å². The van der Waals surface area contributed by atoms with Crippen LogP contribution in [0.5, 0.6) is 6.01 Å². The molecule has 4 fully saturated rings. The van der Waals surface area contributed by atoms with Crippen molar-refractivity contribution in [3.63, 3.8) is 0 Å². The van der Waals surface area contributed by atoms with E-state index in [2.05, 4.69) is 15.3 Å². The van der Waals surface area contributed by atoms with Crippen LogP contribution in [0.25, 0.3) is 10.9 Å². The van der Waals surface area contributed by atoms with E-state index in [1.165, 1.54) is 4.90 Å². The number of hydrogen-bond acceptors (Lipinski definition) is 6. The third-order valence-corrected chi connectivity index (χ3v) is 9.22. The Hall–Kier alpha value is -2.88. The molecule has 0 spiro atoms. The van der Waals surface area contributed by atoms with Crippen molar-refractivity contribution >= 4 is 16.7 Å². The minimum absolute atomic E-state index is 0.106. The van der Waals surface area contributed by atoms with Crippen molar-refractivity contribution < 1.29 is 48.6 Å². The summed E-state index contributed by atoms with van der Waals surface area (Å²) in [4.78, 5) is 11.7. The zero-order valence-electron chi connectivity index (χ0n) is 23.3. The zero-order valence-corrected chi connectivity index (χ0v) is 23.3. The highest BCUT2D eigenvalue weighted by molar-refractivity contribution is 5.92. The van der Waals surface area contributed by atoms with Crippen LogP contribution in [-0.4, -0.2) is 77.1 Å². The van der Waals surface area contributed by atoms with Crippen LogP contribution in [0.4, 0.5) is 49.7 Å². The van der Waals surface area contributed by atoms with E-state index in [-0.39, 0.29) is 44.5 Å². The third-order valence-electron chi connectivity index (χ3n) is 9.22. The van der Waals surface area contributed by atoms with E-state index in [0.717, 1.165) is 12.5 Å². The summed E-state index contributed by atoms with van der Waals surface area (Å²) in [6.07, 6.45) is -13.1. The van der Waals surface area contributed by atoms with E-state index in [0.29, 0.717) is 31.9 Å². The maximum Gasteiger partial charge on any atom is 0.416 e. The van der Waals surface area contributed by atoms with E-state index in [9.17, 15) is 39.5 Å². The van der Waals surface area contributed by atoms with Crippen LogP contribution in [0.15, 0.2) is 18.2 Å². The molecular formula is C28H29F10N5O. The zero-order chi connectivity index (χ0) is 31.7. The second-order valence-electron chi connectivity index (χ2n) is 12.3. The number of fused-ring (bicyclic) bond motifs is 4. The third kappa shape index (κ3) is 5.90. The van der Waals surface area contributed by atoms with Crippen molar-refractivity contribution in [3.8, 4) is 6.01 Å². The largest absolute Gasteiger partial charge is 0.461 e. The van der Waals surface area contributed by atoms with Crippen molar-refractivity contribution in [2.45, 2.75) is 80.6 Å². The molecule has 44 heavy (non-hydrogen) atoms. The van der Waals surface area contributed by atoms with Crippen molar-refractivity contribution in [2.75, 3.05) is 37.7 Å². The Morgan fingerprint density at radius 1 is 1.11 bits per heavy atom. The van der Waals surface area contributed by atoms with Gasteiger partial charge in [-0.25, -0.2) is 8.78 Å². The molecule has 4 saturated heterocycles. The Morgan fingerprint density at radius 2 is 1.89 bits per heavy atom.